The van der Waals surface area contributed by atoms with Gasteiger partial charge in [-0.3, -0.25) is 9.69 Å². The molecule has 0 bridgehead atoms. The van der Waals surface area contributed by atoms with Crippen molar-refractivity contribution < 1.29 is 23.1 Å². The number of carbonyl (C=O) groups excluding carboxylic acids is 2. The van der Waals surface area contributed by atoms with E-state index in [1.165, 1.54) is 4.90 Å². The minimum Gasteiger partial charge on any atom is -0.441 e. The van der Waals surface area contributed by atoms with Crippen LogP contribution >= 0.6 is 11.6 Å². The molecule has 0 atom stereocenters. The van der Waals surface area contributed by atoms with E-state index in [4.69, 9.17) is 16.3 Å². The molecular weight excluding hydrogens is 416 g/mol. The minimum atomic E-state index is -2.72. The van der Waals surface area contributed by atoms with Crippen LogP contribution in [-0.2, 0) is 4.74 Å². The highest BCUT2D eigenvalue weighted by Gasteiger charge is 2.51. The summed E-state index contributed by atoms with van der Waals surface area (Å²) < 4.78 is 34.2. The van der Waals surface area contributed by atoms with Gasteiger partial charge in [-0.05, 0) is 44.9 Å². The molecule has 1 spiro atoms. The van der Waals surface area contributed by atoms with Crippen molar-refractivity contribution in [2.24, 2.45) is 0 Å². The summed E-state index contributed by atoms with van der Waals surface area (Å²) in [7, 11) is 0. The fourth-order valence-electron chi connectivity index (χ4n) is 4.30. The van der Waals surface area contributed by atoms with Crippen LogP contribution in [-0.4, -0.2) is 50.9 Å². The number of aromatic nitrogens is 2. The summed E-state index contributed by atoms with van der Waals surface area (Å²) in [4.78, 5) is 30.9. The van der Waals surface area contributed by atoms with Crippen molar-refractivity contribution in [3.63, 3.8) is 0 Å². The van der Waals surface area contributed by atoms with Crippen LogP contribution in [0.2, 0.25) is 5.02 Å². The maximum absolute atomic E-state index is 13.5. The number of imidazole rings is 1. The van der Waals surface area contributed by atoms with Crippen LogP contribution in [0.25, 0.3) is 5.69 Å². The third kappa shape index (κ3) is 3.80. The lowest BCUT2D eigenvalue weighted by molar-refractivity contribution is -0.0910. The Morgan fingerprint density at radius 3 is 2.60 bits per heavy atom. The number of halogens is 3. The molecule has 6 nitrogen and oxygen atoms in total. The van der Waals surface area contributed by atoms with Crippen LogP contribution in [0.3, 0.4) is 0 Å². The van der Waals surface area contributed by atoms with Crippen molar-refractivity contribution in [2.45, 2.75) is 51.1 Å². The maximum Gasteiger partial charge on any atom is 0.410 e. The van der Waals surface area contributed by atoms with E-state index in [1.54, 1.807) is 26.0 Å². The molecule has 30 heavy (non-hydrogen) atoms. The van der Waals surface area contributed by atoms with Gasteiger partial charge < -0.3 is 9.30 Å². The number of ether oxygens (including phenoxy) is 1. The number of nitrogens with zero attached hydrogens (tertiary/aromatic N) is 3. The highest BCUT2D eigenvalue weighted by Crippen LogP contribution is 2.43. The smallest absolute Gasteiger partial charge is 0.410 e. The number of ketones is 1. The van der Waals surface area contributed by atoms with E-state index >= 15 is 0 Å². The number of benzene rings is 1. The third-order valence-corrected chi connectivity index (χ3v) is 6.11. The summed E-state index contributed by atoms with van der Waals surface area (Å²) in [5, 5.41) is 0.566. The SMILES string of the molecule is Cc1nc(C(=O)CN2CC3(CCC(F)(F)CC3)OC2=O)c(C)n1-c1cccc(Cl)c1. The Bertz CT molecular complexity index is 1010. The number of aryl methyl sites for hydroxylation is 1. The van der Waals surface area contributed by atoms with Gasteiger partial charge in [0.2, 0.25) is 11.7 Å². The van der Waals surface area contributed by atoms with E-state index in [9.17, 15) is 18.4 Å². The lowest BCUT2D eigenvalue weighted by Crippen LogP contribution is -2.42. The number of hydrogen-bond acceptors (Lipinski definition) is 4. The van der Waals surface area contributed by atoms with Gasteiger partial charge in [-0.15, -0.1) is 0 Å². The Morgan fingerprint density at radius 2 is 1.93 bits per heavy atom. The zero-order valence-electron chi connectivity index (χ0n) is 16.8. The number of amides is 1. The molecule has 9 heteroatoms. The molecule has 1 aromatic heterocycles. The summed E-state index contributed by atoms with van der Waals surface area (Å²) in [5.41, 5.74) is 0.756. The first-order chi connectivity index (χ1) is 14.1. The lowest BCUT2D eigenvalue weighted by atomic mass is 9.83. The van der Waals surface area contributed by atoms with E-state index in [-0.39, 0.29) is 50.2 Å². The molecule has 1 saturated heterocycles. The zero-order valence-corrected chi connectivity index (χ0v) is 17.5. The molecule has 0 N–H and O–H groups in total. The molecule has 1 saturated carbocycles. The van der Waals surface area contributed by atoms with E-state index in [0.29, 0.717) is 16.5 Å². The predicted molar refractivity (Wildman–Crippen MR) is 107 cm³/mol. The molecule has 2 heterocycles. The Hall–Kier alpha value is -2.48. The largest absolute Gasteiger partial charge is 0.441 e. The third-order valence-electron chi connectivity index (χ3n) is 5.87. The predicted octanol–water partition coefficient (Wildman–Crippen LogP) is 4.73. The van der Waals surface area contributed by atoms with Crippen LogP contribution in [0, 0.1) is 13.8 Å². The van der Waals surface area contributed by atoms with Crippen molar-refractivity contribution in [1.29, 1.82) is 0 Å². The molecule has 1 aliphatic carbocycles. The van der Waals surface area contributed by atoms with Gasteiger partial charge in [-0.25, -0.2) is 18.6 Å². The monoisotopic (exact) mass is 437 g/mol. The van der Waals surface area contributed by atoms with Crippen LogP contribution in [0.15, 0.2) is 24.3 Å². The number of carbonyl (C=O) groups is 2. The van der Waals surface area contributed by atoms with Crippen molar-refractivity contribution in [2.75, 3.05) is 13.1 Å². The first kappa shape index (κ1) is 20.8. The first-order valence-corrected chi connectivity index (χ1v) is 10.2. The fourth-order valence-corrected chi connectivity index (χ4v) is 4.48. The standard InChI is InChI=1S/C21H22ClF2N3O3/c1-13-18(25-14(2)27(13)16-5-3-4-15(22)10-16)17(28)11-26-12-20(30-19(26)29)6-8-21(23,24)9-7-20/h3-5,10H,6-9,11-12H2,1-2H3. The Morgan fingerprint density at radius 1 is 1.23 bits per heavy atom. The summed E-state index contributed by atoms with van der Waals surface area (Å²) in [6.45, 7) is 3.50. The summed E-state index contributed by atoms with van der Waals surface area (Å²) in [6, 6.07) is 7.21. The van der Waals surface area contributed by atoms with Gasteiger partial charge in [-0.1, -0.05) is 17.7 Å². The Labute approximate surface area is 177 Å². The van der Waals surface area contributed by atoms with Crippen LogP contribution < -0.4 is 0 Å². The second-order valence-electron chi connectivity index (χ2n) is 8.09. The van der Waals surface area contributed by atoms with Gasteiger partial charge in [0.15, 0.2) is 0 Å². The molecule has 1 aliphatic heterocycles. The molecule has 4 rings (SSSR count). The topological polar surface area (TPSA) is 64.4 Å². The van der Waals surface area contributed by atoms with Crippen LogP contribution in [0.4, 0.5) is 13.6 Å². The highest BCUT2D eigenvalue weighted by atomic mass is 35.5. The normalized spacial score (nSPS) is 19.9. The highest BCUT2D eigenvalue weighted by molar-refractivity contribution is 6.30. The molecule has 0 unspecified atom stereocenters. The number of alkyl halides is 2. The van der Waals surface area contributed by atoms with Crippen LogP contribution in [0.1, 0.15) is 47.7 Å². The fraction of sp³-hybridized carbons (Fsp3) is 0.476. The average Bonchev–Trinajstić information content (AvgIpc) is 3.14. The van der Waals surface area contributed by atoms with Crippen molar-refractivity contribution in [3.05, 3.63) is 46.5 Å². The van der Waals surface area contributed by atoms with Gasteiger partial charge in [-0.2, -0.15) is 0 Å². The molecule has 160 valence electrons. The second-order valence-corrected chi connectivity index (χ2v) is 8.53. The molecule has 1 amide bonds. The summed E-state index contributed by atoms with van der Waals surface area (Å²) in [5.74, 6) is -2.43. The Balaban J connectivity index is 1.51. The second kappa shape index (κ2) is 7.34. The number of Topliss-reactive ketones (excluding diaryl/α,β-unsaturated/α-hetero) is 1. The van der Waals surface area contributed by atoms with Gasteiger partial charge >= 0.3 is 6.09 Å². The summed E-state index contributed by atoms with van der Waals surface area (Å²) in [6.07, 6.45) is -1.08. The van der Waals surface area contributed by atoms with E-state index in [0.717, 1.165) is 5.69 Å². The lowest BCUT2D eigenvalue weighted by Gasteiger charge is -2.34. The van der Waals surface area contributed by atoms with Crippen molar-refractivity contribution in [3.8, 4) is 5.69 Å². The average molecular weight is 438 g/mol. The van der Waals surface area contributed by atoms with Crippen molar-refractivity contribution >= 4 is 23.5 Å². The zero-order chi connectivity index (χ0) is 21.7. The van der Waals surface area contributed by atoms with E-state index < -0.39 is 17.6 Å². The molecule has 2 aromatic rings. The molecule has 0 radical (unpaired) electrons. The first-order valence-electron chi connectivity index (χ1n) is 9.80. The molecule has 2 aliphatic rings. The quantitative estimate of drug-likeness (QED) is 0.649. The molecular formula is C21H22ClF2N3O3. The minimum absolute atomic E-state index is 0.0952. The number of hydrogen-bond donors (Lipinski definition) is 0. The number of rotatable bonds is 4. The van der Waals surface area contributed by atoms with Gasteiger partial charge in [0.25, 0.3) is 0 Å². The van der Waals surface area contributed by atoms with Crippen molar-refractivity contribution in [1.82, 2.24) is 14.5 Å². The molecule has 1 aromatic carbocycles. The van der Waals surface area contributed by atoms with Gasteiger partial charge in [0, 0.05) is 23.6 Å². The van der Waals surface area contributed by atoms with Gasteiger partial charge in [0.1, 0.15) is 17.1 Å². The molecule has 2 fully saturated rings. The summed E-state index contributed by atoms with van der Waals surface area (Å²) >= 11 is 6.08. The van der Waals surface area contributed by atoms with E-state index in [1.807, 2.05) is 16.7 Å². The Kier molecular flexibility index (Phi) is 5.08. The van der Waals surface area contributed by atoms with E-state index in [2.05, 4.69) is 4.98 Å². The maximum atomic E-state index is 13.5. The van der Waals surface area contributed by atoms with Crippen LogP contribution in [0.5, 0.6) is 0 Å². The van der Waals surface area contributed by atoms with Gasteiger partial charge in [0.05, 0.1) is 18.8 Å².